The number of phenols is 1. The van der Waals surface area contributed by atoms with Crippen molar-refractivity contribution in [2.45, 2.75) is 12.3 Å². The molecular weight excluding hydrogens is 386 g/mol. The highest BCUT2D eigenvalue weighted by molar-refractivity contribution is 9.10. The van der Waals surface area contributed by atoms with Gasteiger partial charge < -0.3 is 9.84 Å². The van der Waals surface area contributed by atoms with Gasteiger partial charge in [-0.2, -0.15) is 0 Å². The minimum absolute atomic E-state index is 0.0857. The van der Waals surface area contributed by atoms with Crippen molar-refractivity contribution in [3.8, 4) is 5.75 Å². The smallest absolute Gasteiger partial charge is 0.336 e. The molecule has 0 aromatic heterocycles. The molecule has 0 bridgehead atoms. The first-order chi connectivity index (χ1) is 12.0. The van der Waals surface area contributed by atoms with Gasteiger partial charge in [-0.15, -0.1) is 0 Å². The average molecular weight is 400 g/mol. The van der Waals surface area contributed by atoms with E-state index < -0.39 is 0 Å². The van der Waals surface area contributed by atoms with Crippen LogP contribution in [0, 0.1) is 0 Å². The Kier molecular flexibility index (Phi) is 3.84. The lowest BCUT2D eigenvalue weighted by Gasteiger charge is -2.31. The zero-order valence-corrected chi connectivity index (χ0v) is 14.7. The van der Waals surface area contributed by atoms with E-state index >= 15 is 0 Å². The maximum atomic E-state index is 12.8. The first-order valence-corrected chi connectivity index (χ1v) is 8.61. The first-order valence-electron chi connectivity index (χ1n) is 7.82. The summed E-state index contributed by atoms with van der Waals surface area (Å²) in [5.74, 6) is -0.685. The normalized spacial score (nSPS) is 19.9. The zero-order valence-electron chi connectivity index (χ0n) is 13.1. The number of hydrogen-bond donors (Lipinski definition) is 1. The Bertz CT molecular complexity index is 887. The van der Waals surface area contributed by atoms with Crippen LogP contribution in [0.4, 0.5) is 5.69 Å². The molecule has 0 spiro atoms. The summed E-state index contributed by atoms with van der Waals surface area (Å²) in [5, 5.41) is 9.48. The number of phenolic OH excluding ortho intramolecular Hbond substituents is 1. The molecule has 2 aliphatic heterocycles. The molecule has 4 rings (SSSR count). The third-order valence-corrected chi connectivity index (χ3v) is 5.03. The number of amides is 1. The second kappa shape index (κ2) is 6.04. The number of rotatable bonds is 2. The molecular formula is C19H14BrNO4. The highest BCUT2D eigenvalue weighted by Gasteiger charge is 2.42. The molecule has 1 atom stereocenters. The largest absolute Gasteiger partial charge is 0.508 e. The van der Waals surface area contributed by atoms with Crippen LogP contribution >= 0.6 is 15.9 Å². The van der Waals surface area contributed by atoms with Crippen molar-refractivity contribution in [1.29, 1.82) is 0 Å². The Balaban J connectivity index is 1.81. The van der Waals surface area contributed by atoms with Gasteiger partial charge in [0.2, 0.25) is 5.91 Å². The molecule has 2 aliphatic rings. The molecule has 0 saturated carbocycles. The number of nitrogens with zero attached hydrogens (tertiary/aromatic N) is 1. The standard InChI is InChI=1S/C19H14BrNO4/c20-12-3-5-13(6-4-12)21-16-10-25-19(24)18(16)15(9-17(21)23)11-1-7-14(22)8-2-11/h1-8,15,22H,9-10H2/t15-/m1/s1. The molecule has 2 aromatic rings. The topological polar surface area (TPSA) is 66.8 Å². The van der Waals surface area contributed by atoms with Crippen molar-refractivity contribution in [3.63, 3.8) is 0 Å². The van der Waals surface area contributed by atoms with E-state index in [1.807, 2.05) is 24.3 Å². The molecule has 2 aromatic carbocycles. The van der Waals surface area contributed by atoms with Crippen LogP contribution in [0.2, 0.25) is 0 Å². The fourth-order valence-corrected chi connectivity index (χ4v) is 3.60. The second-order valence-corrected chi connectivity index (χ2v) is 6.91. The molecule has 25 heavy (non-hydrogen) atoms. The van der Waals surface area contributed by atoms with Gasteiger partial charge in [-0.25, -0.2) is 4.79 Å². The molecule has 0 unspecified atom stereocenters. The van der Waals surface area contributed by atoms with E-state index in [4.69, 9.17) is 4.74 Å². The van der Waals surface area contributed by atoms with Crippen molar-refractivity contribution in [2.24, 2.45) is 0 Å². The van der Waals surface area contributed by atoms with Crippen molar-refractivity contribution >= 4 is 33.5 Å². The van der Waals surface area contributed by atoms with Gasteiger partial charge in [-0.3, -0.25) is 9.69 Å². The number of carbonyl (C=O) groups is 2. The number of halogens is 1. The van der Waals surface area contributed by atoms with E-state index in [-0.39, 0.29) is 36.6 Å². The number of hydrogen-bond acceptors (Lipinski definition) is 4. The molecule has 5 nitrogen and oxygen atoms in total. The molecule has 126 valence electrons. The van der Waals surface area contributed by atoms with Crippen LogP contribution in [0.25, 0.3) is 0 Å². The highest BCUT2D eigenvalue weighted by Crippen LogP contribution is 2.42. The average Bonchev–Trinajstić information content (AvgIpc) is 2.98. The number of anilines is 1. The molecule has 0 aliphatic carbocycles. The fourth-order valence-electron chi connectivity index (χ4n) is 3.34. The third kappa shape index (κ3) is 2.72. The van der Waals surface area contributed by atoms with Gasteiger partial charge in [0.15, 0.2) is 0 Å². The van der Waals surface area contributed by atoms with Crippen LogP contribution in [-0.4, -0.2) is 23.6 Å². The monoisotopic (exact) mass is 399 g/mol. The minimum atomic E-state index is -0.386. The number of esters is 1. The SMILES string of the molecule is O=C1OCC2=C1[C@@H](c1ccc(O)cc1)CC(=O)N2c1ccc(Br)cc1. The van der Waals surface area contributed by atoms with Crippen molar-refractivity contribution < 1.29 is 19.4 Å². The Labute approximate surface area is 152 Å². The van der Waals surface area contributed by atoms with Crippen LogP contribution in [0.15, 0.2) is 64.3 Å². The Morgan fingerprint density at radius 1 is 1.04 bits per heavy atom. The maximum absolute atomic E-state index is 12.8. The summed E-state index contributed by atoms with van der Waals surface area (Å²) in [6.07, 6.45) is 0.175. The van der Waals surface area contributed by atoms with E-state index in [2.05, 4.69) is 15.9 Å². The molecule has 0 fully saturated rings. The lowest BCUT2D eigenvalue weighted by molar-refractivity contribution is -0.136. The maximum Gasteiger partial charge on any atom is 0.336 e. The summed E-state index contributed by atoms with van der Waals surface area (Å²) in [6, 6.07) is 14.0. The van der Waals surface area contributed by atoms with E-state index in [1.165, 1.54) is 0 Å². The van der Waals surface area contributed by atoms with Gasteiger partial charge in [0, 0.05) is 22.5 Å². The van der Waals surface area contributed by atoms with Crippen molar-refractivity contribution in [2.75, 3.05) is 11.5 Å². The molecule has 1 N–H and O–H groups in total. The zero-order chi connectivity index (χ0) is 17.6. The Hall–Kier alpha value is -2.60. The van der Waals surface area contributed by atoms with Gasteiger partial charge in [0.25, 0.3) is 0 Å². The van der Waals surface area contributed by atoms with Crippen molar-refractivity contribution in [3.05, 3.63) is 69.8 Å². The number of cyclic esters (lactones) is 1. The van der Waals surface area contributed by atoms with Crippen LogP contribution in [0.3, 0.4) is 0 Å². The summed E-state index contributed by atoms with van der Waals surface area (Å²) in [6.45, 7) is 0.0879. The number of aromatic hydroxyl groups is 1. The first kappa shape index (κ1) is 15.9. The highest BCUT2D eigenvalue weighted by atomic mass is 79.9. The molecule has 1 amide bonds. The third-order valence-electron chi connectivity index (χ3n) is 4.50. The van der Waals surface area contributed by atoms with Crippen molar-refractivity contribution in [1.82, 2.24) is 0 Å². The number of carbonyl (C=O) groups excluding carboxylic acids is 2. The van der Waals surface area contributed by atoms with E-state index in [0.717, 1.165) is 10.0 Å². The predicted octanol–water partition coefficient (Wildman–Crippen LogP) is 3.49. The summed E-state index contributed by atoms with van der Waals surface area (Å²) >= 11 is 3.38. The van der Waals surface area contributed by atoms with Gasteiger partial charge in [0.1, 0.15) is 12.4 Å². The van der Waals surface area contributed by atoms with Gasteiger partial charge in [0.05, 0.1) is 11.3 Å². The minimum Gasteiger partial charge on any atom is -0.508 e. The van der Waals surface area contributed by atoms with Gasteiger partial charge >= 0.3 is 5.97 Å². The molecule has 2 heterocycles. The predicted molar refractivity (Wildman–Crippen MR) is 95.1 cm³/mol. The quantitative estimate of drug-likeness (QED) is 0.784. The van der Waals surface area contributed by atoms with Crippen LogP contribution in [-0.2, 0) is 14.3 Å². The molecule has 0 radical (unpaired) electrons. The molecule has 0 saturated heterocycles. The summed E-state index contributed by atoms with van der Waals surface area (Å²) in [4.78, 5) is 26.7. The van der Waals surface area contributed by atoms with Crippen LogP contribution < -0.4 is 4.90 Å². The fraction of sp³-hybridized carbons (Fsp3) is 0.158. The summed E-state index contributed by atoms with van der Waals surface area (Å²) in [5.41, 5.74) is 2.64. The number of ether oxygens (including phenoxy) is 1. The van der Waals surface area contributed by atoms with Crippen LogP contribution in [0.1, 0.15) is 17.9 Å². The van der Waals surface area contributed by atoms with E-state index in [1.54, 1.807) is 29.2 Å². The molecule has 6 heteroatoms. The van der Waals surface area contributed by atoms with Gasteiger partial charge in [-0.05, 0) is 42.0 Å². The number of benzene rings is 2. The lowest BCUT2D eigenvalue weighted by Crippen LogP contribution is -2.37. The summed E-state index contributed by atoms with van der Waals surface area (Å²) in [7, 11) is 0. The second-order valence-electron chi connectivity index (χ2n) is 5.99. The summed E-state index contributed by atoms with van der Waals surface area (Å²) < 4.78 is 6.15. The Morgan fingerprint density at radius 2 is 1.72 bits per heavy atom. The Morgan fingerprint density at radius 3 is 2.40 bits per heavy atom. The van der Waals surface area contributed by atoms with E-state index in [0.29, 0.717) is 17.0 Å². The van der Waals surface area contributed by atoms with Gasteiger partial charge in [-0.1, -0.05) is 28.1 Å². The van der Waals surface area contributed by atoms with E-state index in [9.17, 15) is 14.7 Å². The lowest BCUT2D eigenvalue weighted by atomic mass is 9.84. The van der Waals surface area contributed by atoms with Crippen LogP contribution in [0.5, 0.6) is 5.75 Å².